The molecule has 0 aliphatic carbocycles. The van der Waals surface area contributed by atoms with E-state index in [-0.39, 0.29) is 6.67 Å². The van der Waals surface area contributed by atoms with Crippen molar-refractivity contribution in [3.05, 3.63) is 28.8 Å². The van der Waals surface area contributed by atoms with Gasteiger partial charge in [-0.15, -0.1) is 0 Å². The van der Waals surface area contributed by atoms with Gasteiger partial charge in [0.05, 0.1) is 19.9 Å². The molecule has 0 radical (unpaired) electrons. The van der Waals surface area contributed by atoms with Gasteiger partial charge < -0.3 is 14.8 Å². The number of ether oxygens (including phenoxy) is 2. The largest absolute Gasteiger partial charge is 0.493 e. The maximum Gasteiger partial charge on any atom is 0.123 e. The number of methoxy groups -OCH3 is 1. The summed E-state index contributed by atoms with van der Waals surface area (Å²) < 4.78 is 22.5. The normalized spacial score (nSPS) is 10.6. The summed E-state index contributed by atoms with van der Waals surface area (Å²) in [7, 11) is 1.66. The molecule has 1 rings (SSSR count). The molecule has 1 aromatic carbocycles. The van der Waals surface area contributed by atoms with Gasteiger partial charge in [0.15, 0.2) is 0 Å². The van der Waals surface area contributed by atoms with E-state index in [0.29, 0.717) is 31.2 Å². The van der Waals surface area contributed by atoms with Crippen molar-refractivity contribution in [2.75, 3.05) is 33.5 Å². The van der Waals surface area contributed by atoms with Gasteiger partial charge in [-0.3, -0.25) is 4.39 Å². The van der Waals surface area contributed by atoms with Crippen LogP contribution in [0.3, 0.4) is 0 Å². The first kappa shape index (κ1) is 15.2. The fourth-order valence-electron chi connectivity index (χ4n) is 1.46. The Hall–Kier alpha value is -0.840. The minimum absolute atomic E-state index is 0.366. The highest BCUT2D eigenvalue weighted by atomic mass is 35.5. The highest BCUT2D eigenvalue weighted by Crippen LogP contribution is 2.23. The number of nitrogens with one attached hydrogen (secondary N) is 1. The molecular formula is C13H19ClFNO2. The van der Waals surface area contributed by atoms with Gasteiger partial charge in [0, 0.05) is 37.2 Å². The Morgan fingerprint density at radius 3 is 2.89 bits per heavy atom. The molecule has 0 saturated heterocycles. The molecule has 1 N–H and O–H groups in total. The summed E-state index contributed by atoms with van der Waals surface area (Å²) in [4.78, 5) is 0. The Kier molecular flexibility index (Phi) is 7.73. The first-order valence-electron chi connectivity index (χ1n) is 5.94. The standard InChI is InChI=1S/C13H19ClFNO2/c1-17-8-6-16-10-11-9-12(14)3-4-13(11)18-7-2-5-15/h3-4,9,16H,2,5-8,10H2,1H3. The zero-order valence-corrected chi connectivity index (χ0v) is 11.3. The van der Waals surface area contributed by atoms with Gasteiger partial charge in [-0.05, 0) is 18.2 Å². The maximum atomic E-state index is 12.0. The molecule has 0 heterocycles. The summed E-state index contributed by atoms with van der Waals surface area (Å²) in [5.74, 6) is 0.748. The minimum Gasteiger partial charge on any atom is -0.493 e. The van der Waals surface area contributed by atoms with E-state index in [1.165, 1.54) is 0 Å². The Labute approximate surface area is 112 Å². The number of halogens is 2. The second-order valence-electron chi connectivity index (χ2n) is 3.81. The van der Waals surface area contributed by atoms with Crippen LogP contribution in [0, 0.1) is 0 Å². The average molecular weight is 276 g/mol. The monoisotopic (exact) mass is 275 g/mol. The number of hydrogen-bond donors (Lipinski definition) is 1. The molecule has 0 bridgehead atoms. The lowest BCUT2D eigenvalue weighted by Gasteiger charge is -2.12. The highest BCUT2D eigenvalue weighted by molar-refractivity contribution is 6.30. The maximum absolute atomic E-state index is 12.0. The summed E-state index contributed by atoms with van der Waals surface area (Å²) in [5.41, 5.74) is 0.970. The quantitative estimate of drug-likeness (QED) is 0.703. The number of alkyl halides is 1. The van der Waals surface area contributed by atoms with Crippen molar-refractivity contribution in [2.24, 2.45) is 0 Å². The lowest BCUT2D eigenvalue weighted by Crippen LogP contribution is -2.19. The van der Waals surface area contributed by atoms with Crippen molar-refractivity contribution in [3.8, 4) is 5.75 Å². The number of hydrogen-bond acceptors (Lipinski definition) is 3. The van der Waals surface area contributed by atoms with Crippen molar-refractivity contribution >= 4 is 11.6 Å². The van der Waals surface area contributed by atoms with E-state index in [9.17, 15) is 4.39 Å². The minimum atomic E-state index is -0.366. The van der Waals surface area contributed by atoms with Crippen LogP contribution in [0.5, 0.6) is 5.75 Å². The third-order valence-corrected chi connectivity index (χ3v) is 2.59. The topological polar surface area (TPSA) is 30.5 Å². The van der Waals surface area contributed by atoms with E-state index in [0.717, 1.165) is 17.9 Å². The summed E-state index contributed by atoms with van der Waals surface area (Å²) >= 11 is 5.95. The smallest absolute Gasteiger partial charge is 0.123 e. The van der Waals surface area contributed by atoms with E-state index in [4.69, 9.17) is 21.1 Å². The molecule has 0 atom stereocenters. The first-order valence-corrected chi connectivity index (χ1v) is 6.32. The van der Waals surface area contributed by atoms with Crippen LogP contribution >= 0.6 is 11.6 Å². The molecule has 102 valence electrons. The second-order valence-corrected chi connectivity index (χ2v) is 4.25. The van der Waals surface area contributed by atoms with Crippen molar-refractivity contribution in [1.82, 2.24) is 5.32 Å². The summed E-state index contributed by atoms with van der Waals surface area (Å²) in [6.45, 7) is 2.07. The van der Waals surface area contributed by atoms with Crippen molar-refractivity contribution in [1.29, 1.82) is 0 Å². The van der Waals surface area contributed by atoms with Crippen LogP contribution in [0.25, 0.3) is 0 Å². The molecule has 1 aromatic rings. The predicted octanol–water partition coefficient (Wildman–Crippen LogP) is 2.81. The zero-order valence-electron chi connectivity index (χ0n) is 10.5. The molecule has 0 unspecified atom stereocenters. The first-order chi connectivity index (χ1) is 8.77. The summed E-state index contributed by atoms with van der Waals surface area (Å²) in [6.07, 6.45) is 0.402. The SMILES string of the molecule is COCCNCc1cc(Cl)ccc1OCCCF. The van der Waals surface area contributed by atoms with E-state index in [2.05, 4.69) is 5.32 Å². The van der Waals surface area contributed by atoms with Crippen LogP contribution in [-0.2, 0) is 11.3 Å². The van der Waals surface area contributed by atoms with Crippen molar-refractivity contribution in [2.45, 2.75) is 13.0 Å². The Morgan fingerprint density at radius 2 is 2.17 bits per heavy atom. The molecule has 0 aromatic heterocycles. The Balaban J connectivity index is 2.53. The van der Waals surface area contributed by atoms with Crippen molar-refractivity contribution < 1.29 is 13.9 Å². The molecule has 0 fully saturated rings. The molecule has 18 heavy (non-hydrogen) atoms. The van der Waals surface area contributed by atoms with Gasteiger partial charge >= 0.3 is 0 Å². The molecule has 0 amide bonds. The second kappa shape index (κ2) is 9.14. The fourth-order valence-corrected chi connectivity index (χ4v) is 1.66. The Bertz CT molecular complexity index is 350. The number of rotatable bonds is 9. The number of benzene rings is 1. The summed E-state index contributed by atoms with van der Waals surface area (Å²) in [6, 6.07) is 5.44. The highest BCUT2D eigenvalue weighted by Gasteiger charge is 2.04. The fraction of sp³-hybridized carbons (Fsp3) is 0.538. The molecule has 5 heteroatoms. The van der Waals surface area contributed by atoms with E-state index < -0.39 is 0 Å². The Morgan fingerprint density at radius 1 is 1.33 bits per heavy atom. The lowest BCUT2D eigenvalue weighted by atomic mass is 10.2. The van der Waals surface area contributed by atoms with E-state index in [1.807, 2.05) is 12.1 Å². The van der Waals surface area contributed by atoms with Gasteiger partial charge in [-0.1, -0.05) is 11.6 Å². The van der Waals surface area contributed by atoms with Crippen LogP contribution in [0.15, 0.2) is 18.2 Å². The van der Waals surface area contributed by atoms with Gasteiger partial charge in [-0.25, -0.2) is 0 Å². The third kappa shape index (κ3) is 5.67. The van der Waals surface area contributed by atoms with Crippen LogP contribution in [0.1, 0.15) is 12.0 Å². The van der Waals surface area contributed by atoms with Crippen LogP contribution in [0.2, 0.25) is 5.02 Å². The van der Waals surface area contributed by atoms with Gasteiger partial charge in [0.25, 0.3) is 0 Å². The van der Waals surface area contributed by atoms with Crippen LogP contribution in [0.4, 0.5) is 4.39 Å². The predicted molar refractivity (Wildman–Crippen MR) is 71.1 cm³/mol. The zero-order chi connectivity index (χ0) is 13.2. The van der Waals surface area contributed by atoms with Gasteiger partial charge in [0.2, 0.25) is 0 Å². The molecule has 3 nitrogen and oxygen atoms in total. The average Bonchev–Trinajstić information content (AvgIpc) is 2.37. The molecule has 0 aliphatic heterocycles. The molecular weight excluding hydrogens is 257 g/mol. The van der Waals surface area contributed by atoms with Gasteiger partial charge in [0.1, 0.15) is 5.75 Å². The lowest BCUT2D eigenvalue weighted by molar-refractivity contribution is 0.199. The van der Waals surface area contributed by atoms with Crippen LogP contribution < -0.4 is 10.1 Å². The van der Waals surface area contributed by atoms with Crippen LogP contribution in [-0.4, -0.2) is 33.5 Å². The van der Waals surface area contributed by atoms with E-state index in [1.54, 1.807) is 13.2 Å². The van der Waals surface area contributed by atoms with Crippen molar-refractivity contribution in [3.63, 3.8) is 0 Å². The summed E-state index contributed by atoms with van der Waals surface area (Å²) in [5, 5.41) is 3.89. The van der Waals surface area contributed by atoms with E-state index >= 15 is 0 Å². The molecule has 0 saturated carbocycles. The third-order valence-electron chi connectivity index (χ3n) is 2.36. The van der Waals surface area contributed by atoms with Gasteiger partial charge in [-0.2, -0.15) is 0 Å². The molecule has 0 spiro atoms. The molecule has 0 aliphatic rings.